The van der Waals surface area contributed by atoms with Gasteiger partial charge in [0, 0.05) is 19.1 Å². The third kappa shape index (κ3) is 3.69. The van der Waals surface area contributed by atoms with Crippen molar-refractivity contribution < 1.29 is 4.79 Å². The van der Waals surface area contributed by atoms with Crippen LogP contribution in [0.1, 0.15) is 46.0 Å². The van der Waals surface area contributed by atoms with Gasteiger partial charge in [-0.15, -0.1) is 0 Å². The molecular formula is C15H29N3O. The highest BCUT2D eigenvalue weighted by Crippen LogP contribution is 2.31. The lowest BCUT2D eigenvalue weighted by atomic mass is 9.81. The minimum absolute atomic E-state index is 0.145. The molecule has 0 bridgehead atoms. The molecule has 1 amide bonds. The lowest BCUT2D eigenvalue weighted by Crippen LogP contribution is -2.49. The van der Waals surface area contributed by atoms with E-state index in [-0.39, 0.29) is 17.4 Å². The maximum Gasteiger partial charge on any atom is 0.227 e. The number of carbonyl (C=O) groups excluding carboxylic acids is 1. The fraction of sp³-hybridized carbons (Fsp3) is 0.933. The van der Waals surface area contributed by atoms with Gasteiger partial charge >= 0.3 is 0 Å². The molecule has 0 aromatic heterocycles. The minimum atomic E-state index is -0.145. The lowest BCUT2D eigenvalue weighted by molar-refractivity contribution is -0.131. The number of rotatable bonds is 6. The Balaban J connectivity index is 1.84. The molecule has 0 aromatic carbocycles. The van der Waals surface area contributed by atoms with Crippen LogP contribution in [0.2, 0.25) is 0 Å². The van der Waals surface area contributed by atoms with Crippen molar-refractivity contribution in [3.8, 4) is 0 Å². The highest BCUT2D eigenvalue weighted by atomic mass is 16.2. The number of carbonyl (C=O) groups is 1. The third-order valence-electron chi connectivity index (χ3n) is 4.56. The van der Waals surface area contributed by atoms with Gasteiger partial charge in [0.15, 0.2) is 0 Å². The van der Waals surface area contributed by atoms with Crippen molar-refractivity contribution in [3.05, 3.63) is 0 Å². The Morgan fingerprint density at radius 1 is 1.42 bits per heavy atom. The van der Waals surface area contributed by atoms with Crippen LogP contribution in [0.25, 0.3) is 0 Å². The summed E-state index contributed by atoms with van der Waals surface area (Å²) in [6.07, 6.45) is 5.69. The number of amides is 1. The Labute approximate surface area is 117 Å². The molecule has 110 valence electrons. The van der Waals surface area contributed by atoms with Gasteiger partial charge in [0.25, 0.3) is 0 Å². The Bertz CT molecular complexity index is 294. The molecule has 0 saturated carbocycles. The summed E-state index contributed by atoms with van der Waals surface area (Å²) in [6, 6.07) is 0.264. The van der Waals surface area contributed by atoms with E-state index in [0.717, 1.165) is 38.9 Å². The van der Waals surface area contributed by atoms with E-state index >= 15 is 0 Å². The van der Waals surface area contributed by atoms with Crippen molar-refractivity contribution in [2.75, 3.05) is 32.7 Å². The summed E-state index contributed by atoms with van der Waals surface area (Å²) in [7, 11) is 0. The maximum atomic E-state index is 12.6. The molecule has 2 fully saturated rings. The first-order valence-electron chi connectivity index (χ1n) is 7.90. The van der Waals surface area contributed by atoms with Crippen molar-refractivity contribution in [1.29, 1.82) is 0 Å². The van der Waals surface area contributed by atoms with Gasteiger partial charge in [-0.05, 0) is 52.2 Å². The number of nitrogens with zero attached hydrogens (tertiary/aromatic N) is 1. The van der Waals surface area contributed by atoms with Gasteiger partial charge in [0.2, 0.25) is 5.91 Å². The molecule has 2 heterocycles. The number of nitrogens with one attached hydrogen (secondary N) is 2. The van der Waals surface area contributed by atoms with E-state index in [0.29, 0.717) is 0 Å². The summed E-state index contributed by atoms with van der Waals surface area (Å²) in [5.41, 5.74) is -0.145. The zero-order valence-corrected chi connectivity index (χ0v) is 12.5. The molecule has 0 aliphatic carbocycles. The van der Waals surface area contributed by atoms with Crippen molar-refractivity contribution in [1.82, 2.24) is 15.5 Å². The molecular weight excluding hydrogens is 238 g/mol. The molecule has 2 unspecified atom stereocenters. The van der Waals surface area contributed by atoms with Gasteiger partial charge in [-0.1, -0.05) is 13.3 Å². The van der Waals surface area contributed by atoms with Crippen LogP contribution in [0, 0.1) is 5.41 Å². The van der Waals surface area contributed by atoms with E-state index in [1.54, 1.807) is 0 Å². The Hall–Kier alpha value is -0.610. The normalized spacial score (nSPS) is 29.6. The molecule has 19 heavy (non-hydrogen) atoms. The van der Waals surface area contributed by atoms with Gasteiger partial charge < -0.3 is 15.5 Å². The molecule has 2 saturated heterocycles. The molecule has 2 aliphatic heterocycles. The van der Waals surface area contributed by atoms with E-state index in [1.807, 2.05) is 0 Å². The molecule has 2 rings (SSSR count). The van der Waals surface area contributed by atoms with Crippen LogP contribution in [0.5, 0.6) is 0 Å². The fourth-order valence-corrected chi connectivity index (χ4v) is 3.52. The molecule has 2 aliphatic rings. The zero-order chi connectivity index (χ0) is 13.7. The van der Waals surface area contributed by atoms with Gasteiger partial charge in [0.1, 0.15) is 0 Å². The summed E-state index contributed by atoms with van der Waals surface area (Å²) >= 11 is 0. The number of hydrogen-bond acceptors (Lipinski definition) is 3. The van der Waals surface area contributed by atoms with Crippen molar-refractivity contribution in [2.45, 2.75) is 52.0 Å². The van der Waals surface area contributed by atoms with Crippen molar-refractivity contribution >= 4 is 5.91 Å². The summed E-state index contributed by atoms with van der Waals surface area (Å²) in [6.45, 7) is 9.53. The summed E-state index contributed by atoms with van der Waals surface area (Å²) < 4.78 is 0. The average Bonchev–Trinajstić information content (AvgIpc) is 3.01. The highest BCUT2D eigenvalue weighted by Gasteiger charge is 2.40. The van der Waals surface area contributed by atoms with E-state index in [1.165, 1.54) is 25.9 Å². The molecule has 4 nitrogen and oxygen atoms in total. The SMILES string of the molecule is CCCC1(C(=O)NC(C)CN2CCCC2)CCNC1. The number of hydrogen-bond donors (Lipinski definition) is 2. The van der Waals surface area contributed by atoms with Gasteiger partial charge in [-0.2, -0.15) is 0 Å². The van der Waals surface area contributed by atoms with E-state index < -0.39 is 0 Å². The molecule has 0 radical (unpaired) electrons. The maximum absolute atomic E-state index is 12.6. The second-order valence-corrected chi connectivity index (χ2v) is 6.34. The van der Waals surface area contributed by atoms with E-state index in [9.17, 15) is 4.79 Å². The zero-order valence-electron chi connectivity index (χ0n) is 12.5. The van der Waals surface area contributed by atoms with E-state index in [2.05, 4.69) is 29.4 Å². The average molecular weight is 267 g/mol. The fourth-order valence-electron chi connectivity index (χ4n) is 3.52. The Morgan fingerprint density at radius 2 is 2.16 bits per heavy atom. The Morgan fingerprint density at radius 3 is 2.74 bits per heavy atom. The third-order valence-corrected chi connectivity index (χ3v) is 4.56. The standard InChI is InChI=1S/C15H29N3O/c1-3-6-15(7-8-16-12-15)14(19)17-13(2)11-18-9-4-5-10-18/h13,16H,3-12H2,1-2H3,(H,17,19). The highest BCUT2D eigenvalue weighted by molar-refractivity contribution is 5.83. The predicted molar refractivity (Wildman–Crippen MR) is 78.1 cm³/mol. The summed E-state index contributed by atoms with van der Waals surface area (Å²) in [5, 5.41) is 6.61. The van der Waals surface area contributed by atoms with Crippen molar-refractivity contribution in [3.63, 3.8) is 0 Å². The molecule has 2 N–H and O–H groups in total. The molecule has 4 heteroatoms. The first-order valence-corrected chi connectivity index (χ1v) is 7.90. The van der Waals surface area contributed by atoms with Crippen LogP contribution in [-0.4, -0.2) is 49.6 Å². The molecule has 0 spiro atoms. The minimum Gasteiger partial charge on any atom is -0.352 e. The summed E-state index contributed by atoms with van der Waals surface area (Å²) in [5.74, 6) is 0.269. The molecule has 0 aromatic rings. The quantitative estimate of drug-likeness (QED) is 0.764. The van der Waals surface area contributed by atoms with Crippen molar-refractivity contribution in [2.24, 2.45) is 5.41 Å². The van der Waals surface area contributed by atoms with Gasteiger partial charge in [-0.25, -0.2) is 0 Å². The second-order valence-electron chi connectivity index (χ2n) is 6.34. The predicted octanol–water partition coefficient (Wildman–Crippen LogP) is 1.37. The largest absolute Gasteiger partial charge is 0.352 e. The van der Waals surface area contributed by atoms with Crippen LogP contribution in [0.4, 0.5) is 0 Å². The van der Waals surface area contributed by atoms with Crippen LogP contribution >= 0.6 is 0 Å². The first kappa shape index (κ1) is 14.8. The van der Waals surface area contributed by atoms with Crippen LogP contribution in [0.15, 0.2) is 0 Å². The van der Waals surface area contributed by atoms with Crippen LogP contribution in [0.3, 0.4) is 0 Å². The van der Waals surface area contributed by atoms with Crippen LogP contribution in [-0.2, 0) is 4.79 Å². The number of likely N-dealkylation sites (tertiary alicyclic amines) is 1. The van der Waals surface area contributed by atoms with E-state index in [4.69, 9.17) is 0 Å². The topological polar surface area (TPSA) is 44.4 Å². The second kappa shape index (κ2) is 6.71. The van der Waals surface area contributed by atoms with Gasteiger partial charge in [-0.3, -0.25) is 4.79 Å². The monoisotopic (exact) mass is 267 g/mol. The first-order chi connectivity index (χ1) is 9.16. The lowest BCUT2D eigenvalue weighted by Gasteiger charge is -2.29. The summed E-state index contributed by atoms with van der Waals surface area (Å²) in [4.78, 5) is 15.0. The molecule has 2 atom stereocenters. The Kier molecular flexibility index (Phi) is 5.22. The smallest absolute Gasteiger partial charge is 0.227 e. The van der Waals surface area contributed by atoms with Crippen LogP contribution < -0.4 is 10.6 Å². The van der Waals surface area contributed by atoms with Gasteiger partial charge in [0.05, 0.1) is 5.41 Å².